The van der Waals surface area contributed by atoms with E-state index >= 15 is 0 Å². The van der Waals surface area contributed by atoms with Crippen molar-refractivity contribution in [3.8, 4) is 0 Å². The van der Waals surface area contributed by atoms with Crippen LogP contribution in [0.5, 0.6) is 0 Å². The summed E-state index contributed by atoms with van der Waals surface area (Å²) in [6.07, 6.45) is 8.30. The van der Waals surface area contributed by atoms with Gasteiger partial charge in [0.2, 0.25) is 0 Å². The fraction of sp³-hybridized carbons (Fsp3) is 0.435. The van der Waals surface area contributed by atoms with Crippen molar-refractivity contribution >= 4 is 24.3 Å². The van der Waals surface area contributed by atoms with E-state index in [-0.39, 0.29) is 5.92 Å². The molecule has 0 saturated heterocycles. The molecule has 2 atom stereocenters. The maximum absolute atomic E-state index is 13.2. The highest BCUT2D eigenvalue weighted by Gasteiger charge is 2.41. The molecule has 0 amide bonds. The number of rotatable bonds is 5. The average molecular weight is 350 g/mol. The molecule has 130 valence electrons. The van der Waals surface area contributed by atoms with E-state index in [1.807, 2.05) is 0 Å². The Hall–Kier alpha value is -1.46. The summed E-state index contributed by atoms with van der Waals surface area (Å²) in [5.41, 5.74) is 0.521. The van der Waals surface area contributed by atoms with Gasteiger partial charge in [0.15, 0.2) is 0 Å². The molecule has 2 aromatic carbocycles. The minimum absolute atomic E-state index is 0.287. The lowest BCUT2D eigenvalue weighted by Crippen LogP contribution is -2.32. The Bertz CT molecular complexity index is 651. The highest BCUT2D eigenvalue weighted by Crippen LogP contribution is 2.51. The molecule has 0 N–H and O–H groups in total. The van der Waals surface area contributed by atoms with Crippen LogP contribution in [0.25, 0.3) is 0 Å². The Morgan fingerprint density at radius 1 is 0.720 bits per heavy atom. The van der Waals surface area contributed by atoms with Gasteiger partial charge in [0.05, 0.1) is 0 Å². The van der Waals surface area contributed by atoms with Gasteiger partial charge in [-0.05, 0) is 49.9 Å². The molecule has 1 nitrogen and oxygen atoms in total. The summed E-state index contributed by atoms with van der Waals surface area (Å²) < 4.78 is 0. The molecule has 0 radical (unpaired) electrons. The smallest absolute Gasteiger partial charge is 0.139 e. The summed E-state index contributed by atoms with van der Waals surface area (Å²) in [6.45, 7) is 0. The van der Waals surface area contributed by atoms with Gasteiger partial charge in [-0.3, -0.25) is 4.79 Å². The number of ketones is 1. The Balaban J connectivity index is 1.67. The summed E-state index contributed by atoms with van der Waals surface area (Å²) in [7, 11) is -0.459. The average Bonchev–Trinajstić information content (AvgIpc) is 3.36. The molecule has 2 saturated carbocycles. The van der Waals surface area contributed by atoms with E-state index in [2.05, 4.69) is 60.7 Å². The first-order chi connectivity index (χ1) is 12.3. The molecule has 4 rings (SSSR count). The number of Topliss-reactive ketones (excluding diaryl/α,β-unsaturated/α-hetero) is 1. The van der Waals surface area contributed by atoms with Crippen LogP contribution in [0.15, 0.2) is 60.7 Å². The van der Waals surface area contributed by atoms with Gasteiger partial charge in [-0.2, -0.15) is 0 Å². The lowest BCUT2D eigenvalue weighted by molar-refractivity contribution is -0.126. The number of hydrogen-bond donors (Lipinski definition) is 0. The van der Waals surface area contributed by atoms with E-state index in [0.29, 0.717) is 17.4 Å². The molecule has 0 aromatic heterocycles. The second kappa shape index (κ2) is 7.83. The van der Waals surface area contributed by atoms with Crippen molar-refractivity contribution in [3.05, 3.63) is 60.7 Å². The minimum atomic E-state index is -0.459. The second-order valence-electron chi connectivity index (χ2n) is 7.53. The Labute approximate surface area is 152 Å². The van der Waals surface area contributed by atoms with Crippen molar-refractivity contribution in [3.63, 3.8) is 0 Å². The van der Waals surface area contributed by atoms with Gasteiger partial charge >= 0.3 is 0 Å². The van der Waals surface area contributed by atoms with Crippen LogP contribution in [0.2, 0.25) is 0 Å². The van der Waals surface area contributed by atoms with Crippen molar-refractivity contribution in [1.82, 2.24) is 0 Å². The summed E-state index contributed by atoms with van der Waals surface area (Å²) in [5, 5.41) is 2.86. The molecule has 0 spiro atoms. The molecular formula is C23H27OP. The topological polar surface area (TPSA) is 17.1 Å². The van der Waals surface area contributed by atoms with Gasteiger partial charge in [-0.15, -0.1) is 0 Å². The van der Waals surface area contributed by atoms with E-state index in [9.17, 15) is 4.79 Å². The zero-order valence-electron chi connectivity index (χ0n) is 14.8. The van der Waals surface area contributed by atoms with Crippen LogP contribution in [0, 0.1) is 11.8 Å². The third-order valence-electron chi connectivity index (χ3n) is 6.00. The fourth-order valence-electron chi connectivity index (χ4n) is 4.80. The quantitative estimate of drug-likeness (QED) is 0.690. The molecule has 25 heavy (non-hydrogen) atoms. The third kappa shape index (κ3) is 3.58. The monoisotopic (exact) mass is 350 g/mol. The van der Waals surface area contributed by atoms with Crippen molar-refractivity contribution in [2.45, 2.75) is 50.6 Å². The SMILES string of the molecule is O=C(C1CCCC1)[C@@H]1CCCC1P(c1ccccc1)c1ccccc1. The highest BCUT2D eigenvalue weighted by molar-refractivity contribution is 7.73. The summed E-state index contributed by atoms with van der Waals surface area (Å²) in [5.74, 6) is 1.24. The Morgan fingerprint density at radius 3 is 1.84 bits per heavy atom. The number of hydrogen-bond acceptors (Lipinski definition) is 1. The number of benzene rings is 2. The van der Waals surface area contributed by atoms with E-state index in [0.717, 1.165) is 19.3 Å². The first-order valence-corrected chi connectivity index (χ1v) is 11.2. The van der Waals surface area contributed by atoms with Crippen LogP contribution in [0.1, 0.15) is 44.9 Å². The predicted molar refractivity (Wildman–Crippen MR) is 107 cm³/mol. The van der Waals surface area contributed by atoms with Gasteiger partial charge in [-0.1, -0.05) is 79.9 Å². The van der Waals surface area contributed by atoms with Gasteiger partial charge in [-0.25, -0.2) is 0 Å². The fourth-order valence-corrected chi connectivity index (χ4v) is 7.95. The molecule has 0 bridgehead atoms. The normalized spacial score (nSPS) is 24.0. The van der Waals surface area contributed by atoms with Crippen LogP contribution in [-0.2, 0) is 4.79 Å². The molecule has 1 unspecified atom stereocenters. The van der Waals surface area contributed by atoms with Crippen molar-refractivity contribution < 1.29 is 4.79 Å². The second-order valence-corrected chi connectivity index (χ2v) is 9.97. The Kier molecular flexibility index (Phi) is 5.32. The highest BCUT2D eigenvalue weighted by atomic mass is 31.1. The van der Waals surface area contributed by atoms with Crippen LogP contribution in [0.3, 0.4) is 0 Å². The van der Waals surface area contributed by atoms with Gasteiger partial charge in [0.25, 0.3) is 0 Å². The number of carbonyl (C=O) groups is 1. The standard InChI is InChI=1S/C23H27OP/c24-23(18-10-7-8-11-18)21-16-9-17-22(21)25(19-12-3-1-4-13-19)20-14-5-2-6-15-20/h1-6,12-15,18,21-22H,7-11,16-17H2/t21-,22?/m1/s1. The van der Waals surface area contributed by atoms with Crippen molar-refractivity contribution in [1.29, 1.82) is 0 Å². The zero-order chi connectivity index (χ0) is 17.1. The van der Waals surface area contributed by atoms with Crippen molar-refractivity contribution in [2.24, 2.45) is 11.8 Å². The minimum Gasteiger partial charge on any atom is -0.299 e. The molecule has 2 aliphatic rings. The molecule has 2 aromatic rings. The first-order valence-electron chi connectivity index (χ1n) is 9.77. The van der Waals surface area contributed by atoms with Crippen LogP contribution in [0.4, 0.5) is 0 Å². The van der Waals surface area contributed by atoms with Crippen LogP contribution < -0.4 is 10.6 Å². The third-order valence-corrected chi connectivity index (χ3v) is 8.99. The Morgan fingerprint density at radius 2 is 1.28 bits per heavy atom. The summed E-state index contributed by atoms with van der Waals surface area (Å²) >= 11 is 0. The predicted octanol–water partition coefficient (Wildman–Crippen LogP) is 5.05. The van der Waals surface area contributed by atoms with E-state index in [1.54, 1.807) is 0 Å². The summed E-state index contributed by atoms with van der Waals surface area (Å²) in [4.78, 5) is 13.2. The first kappa shape index (κ1) is 17.0. The van der Waals surface area contributed by atoms with Gasteiger partial charge in [0.1, 0.15) is 5.78 Å². The molecule has 0 aliphatic heterocycles. The largest absolute Gasteiger partial charge is 0.299 e. The summed E-state index contributed by atoms with van der Waals surface area (Å²) in [6, 6.07) is 21.9. The molecular weight excluding hydrogens is 323 g/mol. The molecule has 0 heterocycles. The van der Waals surface area contributed by atoms with E-state index in [1.165, 1.54) is 36.3 Å². The molecule has 2 aliphatic carbocycles. The molecule has 2 fully saturated rings. The maximum Gasteiger partial charge on any atom is 0.139 e. The van der Waals surface area contributed by atoms with Gasteiger partial charge in [0, 0.05) is 11.8 Å². The lowest BCUT2D eigenvalue weighted by Gasteiger charge is -2.30. The van der Waals surface area contributed by atoms with Crippen LogP contribution >= 0.6 is 7.92 Å². The maximum atomic E-state index is 13.2. The van der Waals surface area contributed by atoms with E-state index < -0.39 is 7.92 Å². The van der Waals surface area contributed by atoms with E-state index in [4.69, 9.17) is 0 Å². The van der Waals surface area contributed by atoms with Crippen molar-refractivity contribution in [2.75, 3.05) is 0 Å². The number of carbonyl (C=O) groups excluding carboxylic acids is 1. The zero-order valence-corrected chi connectivity index (χ0v) is 15.7. The van der Waals surface area contributed by atoms with Crippen LogP contribution in [-0.4, -0.2) is 11.4 Å². The van der Waals surface area contributed by atoms with Gasteiger partial charge < -0.3 is 0 Å². The lowest BCUT2D eigenvalue weighted by atomic mass is 9.90. The molecule has 2 heteroatoms.